The molecule has 0 bridgehead atoms. The Labute approximate surface area is 70.5 Å². The molecule has 0 aromatic carbocycles. The quantitative estimate of drug-likeness (QED) is 0.361. The lowest BCUT2D eigenvalue weighted by atomic mass is 10.2. The van der Waals surface area contributed by atoms with E-state index in [0.29, 0.717) is 13.1 Å². The van der Waals surface area contributed by atoms with Crippen molar-refractivity contribution >= 4 is 11.8 Å². The fourth-order valence-electron chi connectivity index (χ4n) is 0.636. The zero-order valence-electron chi connectivity index (χ0n) is 6.75. The molecule has 0 unspecified atom stereocenters. The number of primary amides is 1. The van der Waals surface area contributed by atoms with Crippen molar-refractivity contribution in [2.75, 3.05) is 13.1 Å². The van der Waals surface area contributed by atoms with E-state index in [9.17, 15) is 9.59 Å². The minimum atomic E-state index is -0.867. The van der Waals surface area contributed by atoms with Crippen LogP contribution in [0.25, 0.3) is 0 Å². The van der Waals surface area contributed by atoms with Gasteiger partial charge in [-0.3, -0.25) is 9.59 Å². The van der Waals surface area contributed by atoms with E-state index in [1.165, 1.54) is 0 Å². The Hall–Kier alpha value is -1.14. The average molecular weight is 174 g/mol. The van der Waals surface area contributed by atoms with Crippen LogP contribution in [-0.2, 0) is 9.59 Å². The van der Waals surface area contributed by atoms with E-state index in [-0.39, 0.29) is 6.42 Å². The Bertz CT molecular complexity index is 171. The van der Waals surface area contributed by atoms with Gasteiger partial charge in [-0.05, 0) is 0 Å². The van der Waals surface area contributed by atoms with Crippen molar-refractivity contribution in [2.45, 2.75) is 12.5 Å². The van der Waals surface area contributed by atoms with E-state index in [2.05, 4.69) is 5.32 Å². The molecule has 2 amide bonds. The Kier molecular flexibility index (Phi) is 4.98. The monoisotopic (exact) mass is 174 g/mol. The van der Waals surface area contributed by atoms with Crippen molar-refractivity contribution in [3.63, 3.8) is 0 Å². The van der Waals surface area contributed by atoms with E-state index in [4.69, 9.17) is 17.2 Å². The molecular weight excluding hydrogens is 160 g/mol. The molecule has 0 aliphatic carbocycles. The van der Waals surface area contributed by atoms with Crippen LogP contribution >= 0.6 is 0 Å². The lowest BCUT2D eigenvalue weighted by Gasteiger charge is -2.08. The van der Waals surface area contributed by atoms with Gasteiger partial charge < -0.3 is 22.5 Å². The van der Waals surface area contributed by atoms with E-state index < -0.39 is 17.9 Å². The van der Waals surface area contributed by atoms with Gasteiger partial charge in [-0.25, -0.2) is 0 Å². The first kappa shape index (κ1) is 10.9. The van der Waals surface area contributed by atoms with E-state index in [1.807, 2.05) is 0 Å². The summed E-state index contributed by atoms with van der Waals surface area (Å²) in [5.41, 5.74) is 15.3. The Morgan fingerprint density at radius 2 is 2.00 bits per heavy atom. The third-order valence-corrected chi connectivity index (χ3v) is 1.20. The molecule has 0 saturated carbocycles. The summed E-state index contributed by atoms with van der Waals surface area (Å²) < 4.78 is 0. The molecule has 1 atom stereocenters. The van der Waals surface area contributed by atoms with Gasteiger partial charge in [0.05, 0.1) is 12.5 Å². The normalized spacial score (nSPS) is 12.2. The van der Waals surface area contributed by atoms with Gasteiger partial charge in [0.15, 0.2) is 0 Å². The van der Waals surface area contributed by atoms with Crippen molar-refractivity contribution in [3.8, 4) is 0 Å². The van der Waals surface area contributed by atoms with Crippen LogP contribution in [0.3, 0.4) is 0 Å². The summed E-state index contributed by atoms with van der Waals surface area (Å²) in [6.45, 7) is 0.695. The van der Waals surface area contributed by atoms with Gasteiger partial charge in [0.1, 0.15) is 0 Å². The molecule has 0 spiro atoms. The molecule has 70 valence electrons. The minimum Gasteiger partial charge on any atom is -0.370 e. The van der Waals surface area contributed by atoms with E-state index in [0.717, 1.165) is 0 Å². The molecule has 0 aromatic heterocycles. The molecule has 0 saturated heterocycles. The van der Waals surface area contributed by atoms with Crippen LogP contribution in [0.2, 0.25) is 0 Å². The SMILES string of the molecule is NCCNC(=O)[C@@H](N)CC(N)=O. The predicted octanol–water partition coefficient (Wildman–Crippen LogP) is -2.74. The molecule has 12 heavy (non-hydrogen) atoms. The smallest absolute Gasteiger partial charge is 0.237 e. The zero-order chi connectivity index (χ0) is 9.56. The Morgan fingerprint density at radius 1 is 1.42 bits per heavy atom. The molecule has 0 aliphatic rings. The molecule has 0 rings (SSSR count). The number of hydrogen-bond acceptors (Lipinski definition) is 4. The van der Waals surface area contributed by atoms with E-state index >= 15 is 0 Å². The summed E-state index contributed by atoms with van der Waals surface area (Å²) in [7, 11) is 0. The van der Waals surface area contributed by atoms with Crippen LogP contribution in [0.5, 0.6) is 0 Å². The third-order valence-electron chi connectivity index (χ3n) is 1.20. The molecule has 0 aliphatic heterocycles. The summed E-state index contributed by atoms with van der Waals surface area (Å²) in [6.07, 6.45) is -0.142. The van der Waals surface area contributed by atoms with Crippen LogP contribution in [0, 0.1) is 0 Å². The number of nitrogens with one attached hydrogen (secondary N) is 1. The number of amides is 2. The summed E-state index contributed by atoms with van der Waals surface area (Å²) in [5, 5.41) is 2.44. The van der Waals surface area contributed by atoms with E-state index in [1.54, 1.807) is 0 Å². The zero-order valence-corrected chi connectivity index (χ0v) is 6.75. The number of carbonyl (C=O) groups excluding carboxylic acids is 2. The van der Waals surface area contributed by atoms with Gasteiger partial charge in [-0.15, -0.1) is 0 Å². The second-order valence-corrected chi connectivity index (χ2v) is 2.36. The van der Waals surface area contributed by atoms with Gasteiger partial charge >= 0.3 is 0 Å². The number of nitrogens with two attached hydrogens (primary N) is 3. The standard InChI is InChI=1S/C6H14N4O2/c7-1-2-10-6(12)4(8)3-5(9)11/h4H,1-3,7-8H2,(H2,9,11)(H,10,12)/t4-/m0/s1. The van der Waals surface area contributed by atoms with Crippen molar-refractivity contribution in [1.29, 1.82) is 0 Å². The van der Waals surface area contributed by atoms with Gasteiger partial charge in [0.2, 0.25) is 11.8 Å². The highest BCUT2D eigenvalue weighted by Crippen LogP contribution is 1.85. The van der Waals surface area contributed by atoms with Crippen molar-refractivity contribution in [3.05, 3.63) is 0 Å². The number of carbonyl (C=O) groups is 2. The minimum absolute atomic E-state index is 0.142. The summed E-state index contributed by atoms with van der Waals surface area (Å²) in [4.78, 5) is 21.3. The molecule has 6 heteroatoms. The molecule has 0 heterocycles. The maximum atomic E-state index is 10.9. The fourth-order valence-corrected chi connectivity index (χ4v) is 0.636. The first-order valence-corrected chi connectivity index (χ1v) is 3.59. The maximum absolute atomic E-state index is 10.9. The molecule has 6 nitrogen and oxygen atoms in total. The number of hydrogen-bond donors (Lipinski definition) is 4. The van der Waals surface area contributed by atoms with Gasteiger partial charge in [-0.2, -0.15) is 0 Å². The molecular formula is C6H14N4O2. The topological polar surface area (TPSA) is 124 Å². The highest BCUT2D eigenvalue weighted by Gasteiger charge is 2.14. The highest BCUT2D eigenvalue weighted by molar-refractivity contribution is 5.87. The molecule has 7 N–H and O–H groups in total. The van der Waals surface area contributed by atoms with Crippen LogP contribution in [-0.4, -0.2) is 30.9 Å². The average Bonchev–Trinajstić information content (AvgIpc) is 1.98. The second-order valence-electron chi connectivity index (χ2n) is 2.36. The van der Waals surface area contributed by atoms with Crippen molar-refractivity contribution in [2.24, 2.45) is 17.2 Å². The molecule has 0 aromatic rings. The number of rotatable bonds is 5. The Morgan fingerprint density at radius 3 is 2.42 bits per heavy atom. The van der Waals surface area contributed by atoms with Crippen LogP contribution in [0.1, 0.15) is 6.42 Å². The van der Waals surface area contributed by atoms with Crippen molar-refractivity contribution in [1.82, 2.24) is 5.32 Å². The summed E-state index contributed by atoms with van der Waals surface area (Å²) >= 11 is 0. The lowest BCUT2D eigenvalue weighted by molar-refractivity contribution is -0.126. The summed E-state index contributed by atoms with van der Waals surface area (Å²) in [6, 6.07) is -0.867. The third kappa shape index (κ3) is 4.64. The van der Waals surface area contributed by atoms with Gasteiger partial charge in [-0.1, -0.05) is 0 Å². The first-order valence-electron chi connectivity index (χ1n) is 3.59. The van der Waals surface area contributed by atoms with Crippen molar-refractivity contribution < 1.29 is 9.59 Å². The lowest BCUT2D eigenvalue weighted by Crippen LogP contribution is -2.44. The second kappa shape index (κ2) is 5.50. The first-order chi connectivity index (χ1) is 5.57. The Balaban J connectivity index is 3.69. The van der Waals surface area contributed by atoms with Crippen LogP contribution in [0.15, 0.2) is 0 Å². The summed E-state index contributed by atoms with van der Waals surface area (Å²) in [5.74, 6) is -0.996. The molecule has 0 fully saturated rings. The van der Waals surface area contributed by atoms with Crippen LogP contribution in [0.4, 0.5) is 0 Å². The predicted molar refractivity (Wildman–Crippen MR) is 43.9 cm³/mol. The van der Waals surface area contributed by atoms with Gasteiger partial charge in [0.25, 0.3) is 0 Å². The molecule has 0 radical (unpaired) electrons. The highest BCUT2D eigenvalue weighted by atomic mass is 16.2. The fraction of sp³-hybridized carbons (Fsp3) is 0.667. The maximum Gasteiger partial charge on any atom is 0.237 e. The van der Waals surface area contributed by atoms with Crippen LogP contribution < -0.4 is 22.5 Å². The van der Waals surface area contributed by atoms with Gasteiger partial charge in [0, 0.05) is 13.1 Å². The largest absolute Gasteiger partial charge is 0.370 e.